The Morgan fingerprint density at radius 1 is 1.46 bits per heavy atom. The Bertz CT molecular complexity index is 221. The van der Waals surface area contributed by atoms with Crippen molar-refractivity contribution in [1.29, 1.82) is 0 Å². The molecule has 1 aliphatic rings. The number of esters is 1. The topological polar surface area (TPSA) is 55.4 Å². The van der Waals surface area contributed by atoms with Crippen LogP contribution in [0, 0.1) is 5.41 Å². The smallest absolute Gasteiger partial charge is 0.396 e. The summed E-state index contributed by atoms with van der Waals surface area (Å²) in [5.41, 5.74) is 0.224. The van der Waals surface area contributed by atoms with E-state index in [4.69, 9.17) is 0 Å². The molecule has 0 radical (unpaired) electrons. The van der Waals surface area contributed by atoms with E-state index in [1.54, 1.807) is 6.92 Å². The molecular weight excluding hydrogens is 170 g/mol. The van der Waals surface area contributed by atoms with Crippen LogP contribution in [0.2, 0.25) is 0 Å². The lowest BCUT2D eigenvalue weighted by atomic mass is 10.1. The minimum absolute atomic E-state index is 0.224. The van der Waals surface area contributed by atoms with Gasteiger partial charge in [-0.3, -0.25) is 4.79 Å². The van der Waals surface area contributed by atoms with E-state index in [-0.39, 0.29) is 12.0 Å². The summed E-state index contributed by atoms with van der Waals surface area (Å²) in [5, 5.41) is 2.56. The second kappa shape index (κ2) is 3.77. The van der Waals surface area contributed by atoms with Gasteiger partial charge >= 0.3 is 11.9 Å². The maximum absolute atomic E-state index is 11.0. The highest BCUT2D eigenvalue weighted by molar-refractivity contribution is 6.32. The fraction of sp³-hybridized carbons (Fsp3) is 0.778. The van der Waals surface area contributed by atoms with Crippen molar-refractivity contribution in [3.8, 4) is 0 Å². The van der Waals surface area contributed by atoms with Gasteiger partial charge in [-0.25, -0.2) is 4.79 Å². The van der Waals surface area contributed by atoms with Gasteiger partial charge in [0.25, 0.3) is 0 Å². The van der Waals surface area contributed by atoms with Gasteiger partial charge in [-0.2, -0.15) is 0 Å². The summed E-state index contributed by atoms with van der Waals surface area (Å²) in [6, 6.07) is 0. The van der Waals surface area contributed by atoms with E-state index in [0.29, 0.717) is 6.54 Å². The Labute approximate surface area is 77.6 Å². The van der Waals surface area contributed by atoms with E-state index < -0.39 is 11.9 Å². The van der Waals surface area contributed by atoms with Gasteiger partial charge < -0.3 is 10.1 Å². The minimum Gasteiger partial charge on any atom is -0.459 e. The SMILES string of the molecule is CCOC(=O)C(=O)NCC1(C)CC1. The number of hydrogen-bond donors (Lipinski definition) is 1. The summed E-state index contributed by atoms with van der Waals surface area (Å²) in [6.07, 6.45) is 2.24. The number of carbonyl (C=O) groups is 2. The van der Waals surface area contributed by atoms with Crippen LogP contribution >= 0.6 is 0 Å². The lowest BCUT2D eigenvalue weighted by molar-refractivity contribution is -0.154. The molecule has 1 saturated carbocycles. The number of carbonyl (C=O) groups excluding carboxylic acids is 2. The Morgan fingerprint density at radius 2 is 2.08 bits per heavy atom. The molecule has 1 aliphatic carbocycles. The van der Waals surface area contributed by atoms with E-state index in [9.17, 15) is 9.59 Å². The molecule has 1 rings (SSSR count). The summed E-state index contributed by atoms with van der Waals surface area (Å²) in [5.74, 6) is -1.42. The fourth-order valence-electron chi connectivity index (χ4n) is 0.953. The molecule has 1 N–H and O–H groups in total. The first kappa shape index (κ1) is 10.0. The molecule has 0 aromatic carbocycles. The Balaban J connectivity index is 2.20. The Hall–Kier alpha value is -1.06. The van der Waals surface area contributed by atoms with Crippen LogP contribution in [0.15, 0.2) is 0 Å². The summed E-state index contributed by atoms with van der Waals surface area (Å²) in [6.45, 7) is 4.57. The maximum Gasteiger partial charge on any atom is 0.396 e. The summed E-state index contributed by atoms with van der Waals surface area (Å²) in [7, 11) is 0. The first-order chi connectivity index (χ1) is 6.07. The highest BCUT2D eigenvalue weighted by Gasteiger charge is 2.37. The first-order valence-corrected chi connectivity index (χ1v) is 4.52. The van der Waals surface area contributed by atoms with Crippen LogP contribution in [-0.4, -0.2) is 25.0 Å². The molecule has 13 heavy (non-hydrogen) atoms. The number of rotatable bonds is 3. The third kappa shape index (κ3) is 3.05. The van der Waals surface area contributed by atoms with Crippen LogP contribution in [0.25, 0.3) is 0 Å². The highest BCUT2D eigenvalue weighted by Crippen LogP contribution is 2.43. The summed E-state index contributed by atoms with van der Waals surface area (Å²) >= 11 is 0. The third-order valence-corrected chi connectivity index (χ3v) is 2.24. The van der Waals surface area contributed by atoms with Crippen LogP contribution in [0.1, 0.15) is 26.7 Å². The second-order valence-electron chi connectivity index (χ2n) is 3.71. The molecule has 74 valence electrons. The molecule has 0 atom stereocenters. The van der Waals surface area contributed by atoms with Crippen LogP contribution in [0.5, 0.6) is 0 Å². The van der Waals surface area contributed by atoms with Crippen molar-refractivity contribution >= 4 is 11.9 Å². The summed E-state index contributed by atoms with van der Waals surface area (Å²) < 4.78 is 4.54. The lowest BCUT2D eigenvalue weighted by Gasteiger charge is -2.08. The fourth-order valence-corrected chi connectivity index (χ4v) is 0.953. The molecule has 0 bridgehead atoms. The molecule has 0 heterocycles. The van der Waals surface area contributed by atoms with E-state index in [0.717, 1.165) is 12.8 Å². The minimum atomic E-state index is -0.785. The van der Waals surface area contributed by atoms with E-state index in [1.807, 2.05) is 0 Å². The summed E-state index contributed by atoms with van der Waals surface area (Å²) in [4.78, 5) is 21.9. The van der Waals surface area contributed by atoms with Crippen molar-refractivity contribution in [1.82, 2.24) is 5.32 Å². The molecule has 0 aromatic heterocycles. The van der Waals surface area contributed by atoms with Crippen LogP contribution in [-0.2, 0) is 14.3 Å². The number of ether oxygens (including phenoxy) is 1. The standard InChI is InChI=1S/C9H15NO3/c1-3-13-8(12)7(11)10-6-9(2)4-5-9/h3-6H2,1-2H3,(H,10,11). The van der Waals surface area contributed by atoms with Gasteiger partial charge in [0, 0.05) is 6.54 Å². The largest absolute Gasteiger partial charge is 0.459 e. The van der Waals surface area contributed by atoms with Gasteiger partial charge in [0.05, 0.1) is 6.61 Å². The van der Waals surface area contributed by atoms with Gasteiger partial charge in [0.15, 0.2) is 0 Å². The van der Waals surface area contributed by atoms with Crippen molar-refractivity contribution in [2.75, 3.05) is 13.2 Å². The predicted octanol–water partition coefficient (Wildman–Crippen LogP) is 0.466. The number of hydrogen-bond acceptors (Lipinski definition) is 3. The quantitative estimate of drug-likeness (QED) is 0.513. The molecule has 1 fully saturated rings. The van der Waals surface area contributed by atoms with Crippen molar-refractivity contribution in [3.63, 3.8) is 0 Å². The molecule has 4 heteroatoms. The lowest BCUT2D eigenvalue weighted by Crippen LogP contribution is -2.35. The van der Waals surface area contributed by atoms with Gasteiger partial charge in [0.1, 0.15) is 0 Å². The average molecular weight is 185 g/mol. The third-order valence-electron chi connectivity index (χ3n) is 2.24. The Morgan fingerprint density at radius 3 is 2.54 bits per heavy atom. The van der Waals surface area contributed by atoms with Crippen LogP contribution in [0.4, 0.5) is 0 Å². The van der Waals surface area contributed by atoms with Crippen molar-refractivity contribution in [2.45, 2.75) is 26.7 Å². The zero-order valence-electron chi connectivity index (χ0n) is 8.05. The van der Waals surface area contributed by atoms with Crippen LogP contribution < -0.4 is 5.32 Å². The number of amides is 1. The number of nitrogens with one attached hydrogen (secondary N) is 1. The molecule has 1 amide bonds. The van der Waals surface area contributed by atoms with Crippen molar-refractivity contribution in [2.24, 2.45) is 5.41 Å². The van der Waals surface area contributed by atoms with E-state index in [1.165, 1.54) is 0 Å². The maximum atomic E-state index is 11.0. The van der Waals surface area contributed by atoms with Gasteiger partial charge in [-0.15, -0.1) is 0 Å². The highest BCUT2D eigenvalue weighted by atomic mass is 16.5. The zero-order valence-corrected chi connectivity index (χ0v) is 8.05. The zero-order chi connectivity index (χ0) is 9.90. The Kier molecular flexibility index (Phi) is 2.90. The molecule has 0 saturated heterocycles. The molecule has 0 unspecified atom stereocenters. The molecule has 0 spiro atoms. The second-order valence-corrected chi connectivity index (χ2v) is 3.71. The molecule has 0 aliphatic heterocycles. The molecular formula is C9H15NO3. The monoisotopic (exact) mass is 185 g/mol. The van der Waals surface area contributed by atoms with Crippen molar-refractivity contribution in [3.05, 3.63) is 0 Å². The molecule has 4 nitrogen and oxygen atoms in total. The average Bonchev–Trinajstić information content (AvgIpc) is 2.81. The van der Waals surface area contributed by atoms with E-state index in [2.05, 4.69) is 17.0 Å². The van der Waals surface area contributed by atoms with Crippen molar-refractivity contribution < 1.29 is 14.3 Å². The normalized spacial score (nSPS) is 17.7. The van der Waals surface area contributed by atoms with Gasteiger partial charge in [-0.05, 0) is 25.2 Å². The van der Waals surface area contributed by atoms with Crippen LogP contribution in [0.3, 0.4) is 0 Å². The predicted molar refractivity (Wildman–Crippen MR) is 47.0 cm³/mol. The van der Waals surface area contributed by atoms with E-state index >= 15 is 0 Å². The van der Waals surface area contributed by atoms with Gasteiger partial charge in [-0.1, -0.05) is 6.92 Å². The molecule has 0 aromatic rings. The first-order valence-electron chi connectivity index (χ1n) is 4.52. The van der Waals surface area contributed by atoms with Gasteiger partial charge in [0.2, 0.25) is 0 Å².